The van der Waals surface area contributed by atoms with Crippen molar-refractivity contribution in [1.29, 1.82) is 0 Å². The first kappa shape index (κ1) is 21.6. The highest BCUT2D eigenvalue weighted by Crippen LogP contribution is 2.31. The van der Waals surface area contributed by atoms with Gasteiger partial charge in [0.1, 0.15) is 17.9 Å². The molecule has 5 heteroatoms. The topological polar surface area (TPSA) is 65.7 Å². The van der Waals surface area contributed by atoms with Crippen LogP contribution in [0.2, 0.25) is 0 Å². The van der Waals surface area contributed by atoms with Crippen LogP contribution in [0.1, 0.15) is 44.5 Å². The first-order chi connectivity index (χ1) is 14.1. The van der Waals surface area contributed by atoms with Crippen LogP contribution in [0, 0.1) is 41.5 Å². The molecule has 0 aliphatic heterocycles. The molecule has 0 N–H and O–H groups in total. The molecule has 1 heterocycles. The van der Waals surface area contributed by atoms with Crippen LogP contribution in [0.15, 0.2) is 27.4 Å². The zero-order chi connectivity index (χ0) is 22.2. The van der Waals surface area contributed by atoms with Crippen molar-refractivity contribution in [2.75, 3.05) is 7.11 Å². The molecule has 0 bridgehead atoms. The maximum Gasteiger partial charge on any atom is 0.340 e. The summed E-state index contributed by atoms with van der Waals surface area (Å²) in [4.78, 5) is 24.1. The number of methoxy groups -OCH3 is 1. The van der Waals surface area contributed by atoms with Gasteiger partial charge < -0.3 is 13.9 Å². The van der Waals surface area contributed by atoms with E-state index in [0.29, 0.717) is 23.5 Å². The Kier molecular flexibility index (Phi) is 6.01. The standard InChI is InChI=1S/C25H28O5/c1-13-10-14(2)16(4)21(15(13)3)12-29-22-9-8-19-17(5)20(11-23(26)28-7)25(27)30-24(19)18(22)6/h8-10H,11-12H2,1-7H3. The Balaban J connectivity index is 2.00. The van der Waals surface area contributed by atoms with Crippen LogP contribution >= 0.6 is 0 Å². The monoisotopic (exact) mass is 408 g/mol. The van der Waals surface area contributed by atoms with Crippen LogP contribution in [0.3, 0.4) is 0 Å². The maximum atomic E-state index is 12.5. The van der Waals surface area contributed by atoms with Gasteiger partial charge in [0.15, 0.2) is 0 Å². The minimum absolute atomic E-state index is 0.108. The Bertz CT molecular complexity index is 1170. The zero-order valence-corrected chi connectivity index (χ0v) is 18.7. The van der Waals surface area contributed by atoms with E-state index in [4.69, 9.17) is 9.15 Å². The number of hydrogen-bond donors (Lipinski definition) is 0. The van der Waals surface area contributed by atoms with Gasteiger partial charge in [-0.3, -0.25) is 4.79 Å². The highest BCUT2D eigenvalue weighted by Gasteiger charge is 2.18. The molecule has 2 aromatic carbocycles. The molecule has 3 aromatic rings. The van der Waals surface area contributed by atoms with E-state index in [1.807, 2.05) is 26.0 Å². The zero-order valence-electron chi connectivity index (χ0n) is 18.7. The van der Waals surface area contributed by atoms with E-state index in [1.165, 1.54) is 34.9 Å². The van der Waals surface area contributed by atoms with Gasteiger partial charge in [0.25, 0.3) is 0 Å². The van der Waals surface area contributed by atoms with Crippen molar-refractivity contribution in [3.63, 3.8) is 0 Å². The van der Waals surface area contributed by atoms with E-state index < -0.39 is 11.6 Å². The highest BCUT2D eigenvalue weighted by atomic mass is 16.5. The van der Waals surface area contributed by atoms with Gasteiger partial charge in [-0.05, 0) is 87.1 Å². The molecule has 0 unspecified atom stereocenters. The number of esters is 1. The molecular formula is C25H28O5. The van der Waals surface area contributed by atoms with E-state index in [0.717, 1.165) is 16.5 Å². The summed E-state index contributed by atoms with van der Waals surface area (Å²) in [6.07, 6.45) is -0.108. The summed E-state index contributed by atoms with van der Waals surface area (Å²) in [5, 5.41) is 0.789. The molecule has 0 atom stereocenters. The third-order valence-electron chi connectivity index (χ3n) is 6.10. The lowest BCUT2D eigenvalue weighted by molar-refractivity contribution is -0.139. The maximum absolute atomic E-state index is 12.5. The van der Waals surface area contributed by atoms with Crippen molar-refractivity contribution in [1.82, 2.24) is 0 Å². The molecule has 0 radical (unpaired) electrons. The third-order valence-corrected chi connectivity index (χ3v) is 6.10. The second-order valence-corrected chi connectivity index (χ2v) is 7.84. The molecular weight excluding hydrogens is 380 g/mol. The average molecular weight is 408 g/mol. The van der Waals surface area contributed by atoms with Crippen molar-refractivity contribution in [2.45, 2.75) is 54.6 Å². The second-order valence-electron chi connectivity index (χ2n) is 7.84. The van der Waals surface area contributed by atoms with Crippen LogP contribution in [0.4, 0.5) is 0 Å². The smallest absolute Gasteiger partial charge is 0.340 e. The fourth-order valence-corrected chi connectivity index (χ4v) is 3.81. The Morgan fingerprint density at radius 1 is 0.900 bits per heavy atom. The first-order valence-corrected chi connectivity index (χ1v) is 9.97. The van der Waals surface area contributed by atoms with Gasteiger partial charge in [0.2, 0.25) is 0 Å². The minimum atomic E-state index is -0.522. The van der Waals surface area contributed by atoms with Crippen LogP contribution in [0.25, 0.3) is 11.0 Å². The molecule has 0 saturated heterocycles. The van der Waals surface area contributed by atoms with Crippen molar-refractivity contribution in [3.05, 3.63) is 73.1 Å². The molecule has 0 saturated carbocycles. The molecule has 0 aliphatic rings. The van der Waals surface area contributed by atoms with Crippen LogP contribution < -0.4 is 10.4 Å². The summed E-state index contributed by atoms with van der Waals surface area (Å²) < 4.78 is 16.4. The predicted molar refractivity (Wildman–Crippen MR) is 117 cm³/mol. The average Bonchev–Trinajstić information content (AvgIpc) is 2.71. The number of carbonyl (C=O) groups excluding carboxylic acids is 1. The Labute approximate surface area is 176 Å². The van der Waals surface area contributed by atoms with Gasteiger partial charge in [0, 0.05) is 10.9 Å². The van der Waals surface area contributed by atoms with Crippen LogP contribution in [-0.2, 0) is 22.6 Å². The quantitative estimate of drug-likeness (QED) is 0.442. The van der Waals surface area contributed by atoms with Gasteiger partial charge >= 0.3 is 11.6 Å². The van der Waals surface area contributed by atoms with Gasteiger partial charge in [-0.1, -0.05) is 6.07 Å². The number of ether oxygens (including phenoxy) is 2. The SMILES string of the molecule is COC(=O)Cc1c(C)c2ccc(OCc3c(C)c(C)cc(C)c3C)c(C)c2oc1=O. The van der Waals surface area contributed by atoms with Crippen molar-refractivity contribution >= 4 is 16.9 Å². The summed E-state index contributed by atoms with van der Waals surface area (Å²) in [5.41, 5.74) is 7.89. The number of benzene rings is 2. The molecule has 1 aromatic heterocycles. The van der Waals surface area contributed by atoms with E-state index in [9.17, 15) is 9.59 Å². The van der Waals surface area contributed by atoms with E-state index >= 15 is 0 Å². The number of hydrogen-bond acceptors (Lipinski definition) is 5. The largest absolute Gasteiger partial charge is 0.488 e. The van der Waals surface area contributed by atoms with Crippen molar-refractivity contribution in [2.24, 2.45) is 0 Å². The van der Waals surface area contributed by atoms with Crippen LogP contribution in [-0.4, -0.2) is 13.1 Å². The molecule has 0 aliphatic carbocycles. The highest BCUT2D eigenvalue weighted by molar-refractivity contribution is 5.86. The Morgan fingerprint density at radius 3 is 2.13 bits per heavy atom. The Hall–Kier alpha value is -3.08. The summed E-state index contributed by atoms with van der Waals surface area (Å²) in [7, 11) is 1.30. The minimum Gasteiger partial charge on any atom is -0.488 e. The second kappa shape index (κ2) is 8.34. The molecule has 3 rings (SSSR count). The number of aryl methyl sites for hydroxylation is 4. The fourth-order valence-electron chi connectivity index (χ4n) is 3.81. The van der Waals surface area contributed by atoms with Crippen LogP contribution in [0.5, 0.6) is 5.75 Å². The summed E-state index contributed by atoms with van der Waals surface area (Å²) in [6, 6.07) is 5.95. The van der Waals surface area contributed by atoms with Gasteiger partial charge in [-0.15, -0.1) is 0 Å². The molecule has 0 amide bonds. The number of carbonyl (C=O) groups is 1. The first-order valence-electron chi connectivity index (χ1n) is 9.97. The summed E-state index contributed by atoms with van der Waals surface area (Å²) in [5.74, 6) is 0.198. The Morgan fingerprint density at radius 2 is 1.53 bits per heavy atom. The predicted octanol–water partition coefficient (Wildman–Crippen LogP) is 4.94. The fraction of sp³-hybridized carbons (Fsp3) is 0.360. The molecule has 30 heavy (non-hydrogen) atoms. The number of fused-ring (bicyclic) bond motifs is 1. The van der Waals surface area contributed by atoms with E-state index in [-0.39, 0.29) is 6.42 Å². The third kappa shape index (κ3) is 3.84. The normalized spacial score (nSPS) is 11.0. The van der Waals surface area contributed by atoms with Crippen molar-refractivity contribution in [3.8, 4) is 5.75 Å². The molecule has 5 nitrogen and oxygen atoms in total. The number of rotatable bonds is 5. The van der Waals surface area contributed by atoms with Gasteiger partial charge in [-0.2, -0.15) is 0 Å². The lowest BCUT2D eigenvalue weighted by Gasteiger charge is -2.17. The van der Waals surface area contributed by atoms with Gasteiger partial charge in [0.05, 0.1) is 19.1 Å². The molecule has 158 valence electrons. The molecule has 0 fully saturated rings. The lowest BCUT2D eigenvalue weighted by atomic mass is 9.95. The van der Waals surface area contributed by atoms with E-state index in [2.05, 4.69) is 38.5 Å². The summed E-state index contributed by atoms with van der Waals surface area (Å²) in [6.45, 7) is 12.6. The summed E-state index contributed by atoms with van der Waals surface area (Å²) >= 11 is 0. The van der Waals surface area contributed by atoms with Crippen molar-refractivity contribution < 1.29 is 18.7 Å². The van der Waals surface area contributed by atoms with E-state index in [1.54, 1.807) is 0 Å². The lowest BCUT2D eigenvalue weighted by Crippen LogP contribution is -2.16. The molecule has 0 spiro atoms. The van der Waals surface area contributed by atoms with Gasteiger partial charge in [-0.25, -0.2) is 4.79 Å².